The topological polar surface area (TPSA) is 99.2 Å². The fraction of sp³-hybridized carbons (Fsp3) is 0.214. The minimum absolute atomic E-state index is 0.159. The van der Waals surface area contributed by atoms with Crippen molar-refractivity contribution in [3.05, 3.63) is 88.4 Å². The number of anilines is 1. The van der Waals surface area contributed by atoms with E-state index in [2.05, 4.69) is 0 Å². The van der Waals surface area contributed by atoms with Crippen molar-refractivity contribution in [2.75, 3.05) is 19.1 Å². The third-order valence-electron chi connectivity index (χ3n) is 7.34. The minimum Gasteiger partial charge on any atom is -0.497 e. The first-order valence-corrected chi connectivity index (χ1v) is 11.9. The predicted octanol–water partition coefficient (Wildman–Crippen LogP) is 4.05. The van der Waals surface area contributed by atoms with E-state index in [1.807, 2.05) is 0 Å². The molecule has 2 aliphatic heterocycles. The van der Waals surface area contributed by atoms with Crippen LogP contribution in [0.4, 0.5) is 5.69 Å². The van der Waals surface area contributed by atoms with Gasteiger partial charge in [-0.15, -0.1) is 0 Å². The van der Waals surface area contributed by atoms with Crippen molar-refractivity contribution < 1.29 is 33.4 Å². The van der Waals surface area contributed by atoms with Crippen LogP contribution in [-0.4, -0.2) is 43.2 Å². The second-order valence-electron chi connectivity index (χ2n) is 9.08. The van der Waals surface area contributed by atoms with Gasteiger partial charge in [-0.25, -0.2) is 4.90 Å². The summed E-state index contributed by atoms with van der Waals surface area (Å²) in [6.45, 7) is 0. The highest BCUT2D eigenvalue weighted by Gasteiger charge is 2.74. The molecule has 9 heteroatoms. The number of carbonyl (C=O) groups excluding carboxylic acids is 4. The van der Waals surface area contributed by atoms with E-state index in [4.69, 9.17) is 25.8 Å². The molecule has 3 aromatic rings. The standard InChI is InChI=1S/C28H20ClNO7/c1-35-16-11-12-20(36-2)19(13-16)30-26(33)21-22(27(30)34)28(37-23(21)14-7-9-15(29)10-8-14)24(31)17-5-3-4-6-18(17)25(28)32/h3-13,21-23H,1-2H3. The van der Waals surface area contributed by atoms with Crippen molar-refractivity contribution >= 4 is 40.7 Å². The van der Waals surface area contributed by atoms with Crippen LogP contribution < -0.4 is 14.4 Å². The lowest BCUT2D eigenvalue weighted by Crippen LogP contribution is -2.51. The Labute approximate surface area is 216 Å². The molecule has 3 aromatic carbocycles. The molecule has 1 spiro atoms. The van der Waals surface area contributed by atoms with Gasteiger partial charge in [0, 0.05) is 22.2 Å². The van der Waals surface area contributed by atoms with Crippen LogP contribution in [0.3, 0.4) is 0 Å². The van der Waals surface area contributed by atoms with Crippen molar-refractivity contribution in [1.29, 1.82) is 0 Å². The number of ketones is 2. The number of carbonyl (C=O) groups is 4. The van der Waals surface area contributed by atoms with Gasteiger partial charge < -0.3 is 14.2 Å². The largest absolute Gasteiger partial charge is 0.497 e. The lowest BCUT2D eigenvalue weighted by Gasteiger charge is -2.27. The van der Waals surface area contributed by atoms with Crippen LogP contribution in [0.5, 0.6) is 11.5 Å². The zero-order chi connectivity index (χ0) is 26.1. The highest BCUT2D eigenvalue weighted by molar-refractivity contribution is 6.37. The second kappa shape index (κ2) is 8.26. The number of hydrogen-bond donors (Lipinski definition) is 0. The van der Waals surface area contributed by atoms with Gasteiger partial charge in [0.25, 0.3) is 0 Å². The van der Waals surface area contributed by atoms with Gasteiger partial charge >= 0.3 is 0 Å². The Kier molecular flexibility index (Phi) is 5.22. The molecule has 8 nitrogen and oxygen atoms in total. The quantitative estimate of drug-likeness (QED) is 0.380. The molecule has 2 amide bonds. The van der Waals surface area contributed by atoms with Gasteiger partial charge in [0.1, 0.15) is 11.5 Å². The van der Waals surface area contributed by atoms with E-state index < -0.39 is 46.9 Å². The fourth-order valence-corrected chi connectivity index (χ4v) is 5.81. The van der Waals surface area contributed by atoms with Gasteiger partial charge in [-0.05, 0) is 29.8 Å². The Morgan fingerprint density at radius 3 is 2.08 bits per heavy atom. The average molecular weight is 518 g/mol. The van der Waals surface area contributed by atoms with E-state index in [0.29, 0.717) is 16.3 Å². The van der Waals surface area contributed by atoms with E-state index in [1.54, 1.807) is 48.5 Å². The first-order valence-electron chi connectivity index (χ1n) is 11.5. The Morgan fingerprint density at radius 2 is 1.49 bits per heavy atom. The maximum absolute atomic E-state index is 14.1. The minimum atomic E-state index is -2.16. The zero-order valence-corrected chi connectivity index (χ0v) is 20.5. The first-order chi connectivity index (χ1) is 17.8. The van der Waals surface area contributed by atoms with Gasteiger partial charge in [-0.2, -0.15) is 0 Å². The highest BCUT2D eigenvalue weighted by Crippen LogP contribution is 2.58. The predicted molar refractivity (Wildman–Crippen MR) is 132 cm³/mol. The third-order valence-corrected chi connectivity index (χ3v) is 7.60. The Hall–Kier alpha value is -4.01. The summed E-state index contributed by atoms with van der Waals surface area (Å²) >= 11 is 6.07. The molecule has 3 aliphatic rings. The van der Waals surface area contributed by atoms with Crippen molar-refractivity contribution in [3.8, 4) is 11.5 Å². The summed E-state index contributed by atoms with van der Waals surface area (Å²) in [4.78, 5) is 56.8. The second-order valence-corrected chi connectivity index (χ2v) is 9.52. The van der Waals surface area contributed by atoms with Crippen molar-refractivity contribution in [2.24, 2.45) is 11.8 Å². The molecule has 6 rings (SSSR count). The fourth-order valence-electron chi connectivity index (χ4n) is 5.68. The van der Waals surface area contributed by atoms with Crippen molar-refractivity contribution in [3.63, 3.8) is 0 Å². The Bertz CT molecular complexity index is 1460. The molecule has 186 valence electrons. The van der Waals surface area contributed by atoms with E-state index in [1.165, 1.54) is 32.4 Å². The van der Waals surface area contributed by atoms with Crippen molar-refractivity contribution in [2.45, 2.75) is 11.7 Å². The maximum Gasteiger partial charge on any atom is 0.241 e. The van der Waals surface area contributed by atoms with Crippen LogP contribution in [0.25, 0.3) is 0 Å². The molecular formula is C28H20ClNO7. The van der Waals surface area contributed by atoms with Crippen LogP contribution in [0.2, 0.25) is 5.02 Å². The Balaban J connectivity index is 1.55. The van der Waals surface area contributed by atoms with Gasteiger partial charge in [-0.3, -0.25) is 19.2 Å². The zero-order valence-electron chi connectivity index (χ0n) is 19.8. The lowest BCUT2D eigenvalue weighted by molar-refractivity contribution is -0.127. The molecule has 3 unspecified atom stereocenters. The number of hydrogen-bond acceptors (Lipinski definition) is 7. The molecule has 0 aromatic heterocycles. The summed E-state index contributed by atoms with van der Waals surface area (Å²) in [6, 6.07) is 17.6. The first kappa shape index (κ1) is 23.4. The van der Waals surface area contributed by atoms with Crippen LogP contribution in [0.15, 0.2) is 66.7 Å². The number of Topliss-reactive ketones (excluding diaryl/α,β-unsaturated/α-hetero) is 2. The summed E-state index contributed by atoms with van der Waals surface area (Å²) < 4.78 is 17.0. The molecule has 2 heterocycles. The smallest absolute Gasteiger partial charge is 0.241 e. The lowest BCUT2D eigenvalue weighted by atomic mass is 9.77. The Morgan fingerprint density at radius 1 is 0.838 bits per heavy atom. The summed E-state index contributed by atoms with van der Waals surface area (Å²) in [5, 5.41) is 0.463. The number of rotatable bonds is 4. The number of fused-ring (bicyclic) bond motifs is 3. The van der Waals surface area contributed by atoms with Crippen LogP contribution in [-0.2, 0) is 14.3 Å². The molecule has 1 aliphatic carbocycles. The summed E-state index contributed by atoms with van der Waals surface area (Å²) in [5.41, 5.74) is -1.15. The SMILES string of the molecule is COc1ccc(OC)c(N2C(=O)C3C(c4ccc(Cl)cc4)OC4(C(=O)c5ccccc5C4=O)C3C2=O)c1. The third kappa shape index (κ3) is 3.06. The van der Waals surface area contributed by atoms with E-state index in [-0.39, 0.29) is 22.6 Å². The molecule has 0 bridgehead atoms. The molecular weight excluding hydrogens is 498 g/mol. The number of methoxy groups -OCH3 is 2. The van der Waals surface area contributed by atoms with Gasteiger partial charge in [0.05, 0.1) is 37.8 Å². The molecule has 2 fully saturated rings. The van der Waals surface area contributed by atoms with Crippen molar-refractivity contribution in [1.82, 2.24) is 0 Å². The number of imide groups is 1. The molecule has 0 radical (unpaired) electrons. The van der Waals surface area contributed by atoms with Gasteiger partial charge in [0.2, 0.25) is 29.0 Å². The highest BCUT2D eigenvalue weighted by atomic mass is 35.5. The maximum atomic E-state index is 14.1. The van der Waals surface area contributed by atoms with E-state index in [0.717, 1.165) is 4.90 Å². The van der Waals surface area contributed by atoms with E-state index >= 15 is 0 Å². The number of halogens is 1. The van der Waals surface area contributed by atoms with Crippen LogP contribution in [0, 0.1) is 11.8 Å². The molecule has 3 atom stereocenters. The van der Waals surface area contributed by atoms with Gasteiger partial charge in [-0.1, -0.05) is 48.0 Å². The number of nitrogens with zero attached hydrogens (tertiary/aromatic N) is 1. The van der Waals surface area contributed by atoms with Crippen LogP contribution in [0.1, 0.15) is 32.4 Å². The number of amides is 2. The average Bonchev–Trinajstić information content (AvgIpc) is 3.48. The summed E-state index contributed by atoms with van der Waals surface area (Å²) in [7, 11) is 2.87. The normalized spacial score (nSPS) is 23.5. The molecule has 37 heavy (non-hydrogen) atoms. The van der Waals surface area contributed by atoms with Gasteiger partial charge in [0.15, 0.2) is 0 Å². The van der Waals surface area contributed by atoms with E-state index in [9.17, 15) is 19.2 Å². The number of benzene rings is 3. The molecule has 2 saturated heterocycles. The van der Waals surface area contributed by atoms with Crippen LogP contribution >= 0.6 is 11.6 Å². The molecule has 0 N–H and O–H groups in total. The summed E-state index contributed by atoms with van der Waals surface area (Å²) in [6.07, 6.45) is -1.04. The monoisotopic (exact) mass is 517 g/mol. The summed E-state index contributed by atoms with van der Waals surface area (Å²) in [5.74, 6) is -4.42. The number of ether oxygens (including phenoxy) is 3. The molecule has 0 saturated carbocycles.